The average Bonchev–Trinajstić information content (AvgIpc) is 2.36. The van der Waals surface area contributed by atoms with Crippen LogP contribution in [0.25, 0.3) is 0 Å². The number of nitro groups is 1. The number of primary amides is 1. The highest BCUT2D eigenvalue weighted by molar-refractivity contribution is 5.80. The number of hydrogen-bond acceptors (Lipinski definition) is 4. The van der Waals surface area contributed by atoms with Gasteiger partial charge in [-0.3, -0.25) is 14.9 Å². The van der Waals surface area contributed by atoms with Crippen molar-refractivity contribution in [3.8, 4) is 0 Å². The van der Waals surface area contributed by atoms with E-state index < -0.39 is 10.3 Å². The Morgan fingerprint density at radius 2 is 1.95 bits per heavy atom. The summed E-state index contributed by atoms with van der Waals surface area (Å²) in [5, 5.41) is 13.8. The molecule has 104 valence electrons. The summed E-state index contributed by atoms with van der Waals surface area (Å²) in [6.45, 7) is 5.91. The maximum absolute atomic E-state index is 11.2. The molecule has 19 heavy (non-hydrogen) atoms. The molecule has 0 fully saturated rings. The predicted molar refractivity (Wildman–Crippen MR) is 72.5 cm³/mol. The van der Waals surface area contributed by atoms with Crippen LogP contribution in [0.4, 0.5) is 5.69 Å². The maximum Gasteiger partial charge on any atom is 0.269 e. The van der Waals surface area contributed by atoms with E-state index in [-0.39, 0.29) is 17.6 Å². The lowest BCUT2D eigenvalue weighted by atomic mass is 9.92. The van der Waals surface area contributed by atoms with E-state index >= 15 is 0 Å². The smallest absolute Gasteiger partial charge is 0.269 e. The maximum atomic E-state index is 11.2. The van der Waals surface area contributed by atoms with Gasteiger partial charge in [0.2, 0.25) is 5.91 Å². The van der Waals surface area contributed by atoms with Gasteiger partial charge in [-0.1, -0.05) is 12.1 Å². The van der Waals surface area contributed by atoms with Gasteiger partial charge in [0.25, 0.3) is 5.69 Å². The molecule has 0 heterocycles. The third-order valence-corrected chi connectivity index (χ3v) is 3.12. The SMILES string of the molecule is C[C@H](NCC(C)(C)C(N)=O)c1ccc([N+](=O)[O-])cc1. The molecule has 0 saturated heterocycles. The molecular weight excluding hydrogens is 246 g/mol. The monoisotopic (exact) mass is 265 g/mol. The molecule has 0 aliphatic heterocycles. The summed E-state index contributed by atoms with van der Waals surface area (Å²) in [5.74, 6) is -0.365. The molecule has 0 bridgehead atoms. The topological polar surface area (TPSA) is 98.3 Å². The minimum Gasteiger partial charge on any atom is -0.369 e. The fraction of sp³-hybridized carbons (Fsp3) is 0.462. The first-order valence-corrected chi connectivity index (χ1v) is 6.01. The normalized spacial score (nSPS) is 13.0. The van der Waals surface area contributed by atoms with Gasteiger partial charge in [-0.2, -0.15) is 0 Å². The van der Waals surface area contributed by atoms with Crippen molar-refractivity contribution in [3.63, 3.8) is 0 Å². The second kappa shape index (κ2) is 5.79. The third-order valence-electron chi connectivity index (χ3n) is 3.12. The van der Waals surface area contributed by atoms with Crippen LogP contribution in [0.5, 0.6) is 0 Å². The Morgan fingerprint density at radius 1 is 1.42 bits per heavy atom. The molecule has 6 heteroatoms. The van der Waals surface area contributed by atoms with E-state index in [0.717, 1.165) is 5.56 Å². The summed E-state index contributed by atoms with van der Waals surface area (Å²) >= 11 is 0. The second-order valence-corrected chi connectivity index (χ2v) is 5.20. The Balaban J connectivity index is 2.66. The largest absolute Gasteiger partial charge is 0.369 e. The summed E-state index contributed by atoms with van der Waals surface area (Å²) in [7, 11) is 0. The number of benzene rings is 1. The van der Waals surface area contributed by atoms with Gasteiger partial charge in [0.15, 0.2) is 0 Å². The van der Waals surface area contributed by atoms with Crippen LogP contribution in [0, 0.1) is 15.5 Å². The van der Waals surface area contributed by atoms with Crippen molar-refractivity contribution in [2.75, 3.05) is 6.54 Å². The van der Waals surface area contributed by atoms with E-state index in [1.54, 1.807) is 26.0 Å². The predicted octanol–water partition coefficient (Wildman–Crippen LogP) is 1.76. The molecule has 0 unspecified atom stereocenters. The van der Waals surface area contributed by atoms with Crippen LogP contribution in [0.3, 0.4) is 0 Å². The molecule has 1 aromatic rings. The molecule has 6 nitrogen and oxygen atoms in total. The molecule has 0 aliphatic carbocycles. The molecule has 3 N–H and O–H groups in total. The Morgan fingerprint density at radius 3 is 2.37 bits per heavy atom. The number of nitrogens with zero attached hydrogens (tertiary/aromatic N) is 1. The van der Waals surface area contributed by atoms with Crippen molar-refractivity contribution in [2.45, 2.75) is 26.8 Å². The molecule has 0 saturated carbocycles. The fourth-order valence-electron chi connectivity index (χ4n) is 1.50. The van der Waals surface area contributed by atoms with Crippen molar-refractivity contribution in [3.05, 3.63) is 39.9 Å². The molecular formula is C13H19N3O3. The Labute approximate surface area is 112 Å². The molecule has 1 atom stereocenters. The fourth-order valence-corrected chi connectivity index (χ4v) is 1.50. The zero-order valence-corrected chi connectivity index (χ0v) is 11.3. The average molecular weight is 265 g/mol. The third kappa shape index (κ3) is 4.03. The van der Waals surface area contributed by atoms with Gasteiger partial charge in [0.1, 0.15) is 0 Å². The van der Waals surface area contributed by atoms with Crippen molar-refractivity contribution in [2.24, 2.45) is 11.1 Å². The number of nitro benzene ring substituents is 1. The molecule has 0 radical (unpaired) electrons. The zero-order valence-electron chi connectivity index (χ0n) is 11.3. The standard InChI is InChI=1S/C13H19N3O3/c1-9(15-8-13(2,3)12(14)17)10-4-6-11(7-5-10)16(18)19/h4-7,9,15H,8H2,1-3H3,(H2,14,17)/t9-/m0/s1. The van der Waals surface area contributed by atoms with Crippen molar-refractivity contribution >= 4 is 11.6 Å². The summed E-state index contributed by atoms with van der Waals surface area (Å²) in [6, 6.07) is 6.32. The van der Waals surface area contributed by atoms with Gasteiger partial charge >= 0.3 is 0 Å². The van der Waals surface area contributed by atoms with Crippen LogP contribution < -0.4 is 11.1 Å². The second-order valence-electron chi connectivity index (χ2n) is 5.20. The van der Waals surface area contributed by atoms with Crippen molar-refractivity contribution < 1.29 is 9.72 Å². The van der Waals surface area contributed by atoms with Crippen LogP contribution in [0.2, 0.25) is 0 Å². The first-order chi connectivity index (χ1) is 8.74. The van der Waals surface area contributed by atoms with Gasteiger partial charge in [-0.25, -0.2) is 0 Å². The lowest BCUT2D eigenvalue weighted by Crippen LogP contribution is -2.41. The Bertz CT molecular complexity index is 469. The number of carbonyl (C=O) groups is 1. The molecule has 0 aliphatic rings. The first kappa shape index (κ1) is 15.1. The van der Waals surface area contributed by atoms with Gasteiger partial charge in [0.05, 0.1) is 10.3 Å². The van der Waals surface area contributed by atoms with E-state index in [1.807, 2.05) is 6.92 Å². The van der Waals surface area contributed by atoms with Crippen molar-refractivity contribution in [1.29, 1.82) is 0 Å². The zero-order chi connectivity index (χ0) is 14.6. The highest BCUT2D eigenvalue weighted by atomic mass is 16.6. The Kier molecular flexibility index (Phi) is 4.61. The van der Waals surface area contributed by atoms with Gasteiger partial charge < -0.3 is 11.1 Å². The van der Waals surface area contributed by atoms with E-state index in [1.165, 1.54) is 12.1 Å². The van der Waals surface area contributed by atoms with E-state index in [4.69, 9.17) is 5.73 Å². The van der Waals surface area contributed by atoms with E-state index in [0.29, 0.717) is 6.54 Å². The number of hydrogen-bond donors (Lipinski definition) is 2. The van der Waals surface area contributed by atoms with Crippen LogP contribution in [-0.4, -0.2) is 17.4 Å². The van der Waals surface area contributed by atoms with Crippen molar-refractivity contribution in [1.82, 2.24) is 5.32 Å². The van der Waals surface area contributed by atoms with Crippen LogP contribution in [-0.2, 0) is 4.79 Å². The number of carbonyl (C=O) groups excluding carboxylic acids is 1. The summed E-state index contributed by atoms with van der Waals surface area (Å²) < 4.78 is 0. The quantitative estimate of drug-likeness (QED) is 0.604. The highest BCUT2D eigenvalue weighted by Gasteiger charge is 2.25. The number of nitrogens with two attached hydrogens (primary N) is 1. The van der Waals surface area contributed by atoms with Gasteiger partial charge in [-0.05, 0) is 26.3 Å². The first-order valence-electron chi connectivity index (χ1n) is 6.01. The lowest BCUT2D eigenvalue weighted by Gasteiger charge is -2.24. The lowest BCUT2D eigenvalue weighted by molar-refractivity contribution is -0.384. The number of rotatable bonds is 6. The molecule has 1 amide bonds. The number of nitrogens with one attached hydrogen (secondary N) is 1. The molecule has 0 aromatic heterocycles. The van der Waals surface area contributed by atoms with Crippen LogP contribution in [0.15, 0.2) is 24.3 Å². The summed E-state index contributed by atoms with van der Waals surface area (Å²) in [4.78, 5) is 21.3. The van der Waals surface area contributed by atoms with Gasteiger partial charge in [-0.15, -0.1) is 0 Å². The number of non-ortho nitro benzene ring substituents is 1. The van der Waals surface area contributed by atoms with Crippen LogP contribution in [0.1, 0.15) is 32.4 Å². The van der Waals surface area contributed by atoms with Gasteiger partial charge in [0, 0.05) is 24.7 Å². The minimum atomic E-state index is -0.630. The minimum absolute atomic E-state index is 0.0144. The molecule has 1 aromatic carbocycles. The summed E-state index contributed by atoms with van der Waals surface area (Å²) in [5.41, 5.74) is 5.65. The molecule has 0 spiro atoms. The van der Waals surface area contributed by atoms with E-state index in [2.05, 4.69) is 5.32 Å². The Hall–Kier alpha value is -1.95. The number of amides is 1. The van der Waals surface area contributed by atoms with Crippen LogP contribution >= 0.6 is 0 Å². The van der Waals surface area contributed by atoms with E-state index in [9.17, 15) is 14.9 Å². The summed E-state index contributed by atoms with van der Waals surface area (Å²) in [6.07, 6.45) is 0. The highest BCUT2D eigenvalue weighted by Crippen LogP contribution is 2.19. The molecule has 1 rings (SSSR count).